The van der Waals surface area contributed by atoms with E-state index in [1.165, 1.54) is 12.1 Å². The second kappa shape index (κ2) is 6.80. The molecule has 0 fully saturated rings. The number of hydrogen-bond donors (Lipinski definition) is 0. The fourth-order valence-electron chi connectivity index (χ4n) is 2.03. The van der Waals surface area contributed by atoms with Crippen molar-refractivity contribution < 1.29 is 18.4 Å². The predicted octanol–water partition coefficient (Wildman–Crippen LogP) is 4.19. The third-order valence-corrected chi connectivity index (χ3v) is 3.59. The van der Waals surface area contributed by atoms with Gasteiger partial charge >= 0.3 is 5.97 Å². The zero-order valence-electron chi connectivity index (χ0n) is 12.6. The maximum atomic E-state index is 13.6. The van der Waals surface area contributed by atoms with E-state index in [2.05, 4.69) is 10.1 Å². The van der Waals surface area contributed by atoms with Crippen molar-refractivity contribution in [2.75, 3.05) is 0 Å². The van der Waals surface area contributed by atoms with Gasteiger partial charge in [0.25, 0.3) is 5.89 Å². The maximum absolute atomic E-state index is 13.6. The summed E-state index contributed by atoms with van der Waals surface area (Å²) in [5.74, 6) is -1.16. The lowest BCUT2D eigenvalue weighted by Crippen LogP contribution is -2.08. The fourth-order valence-corrected chi connectivity index (χ4v) is 2.27. The van der Waals surface area contributed by atoms with Crippen molar-refractivity contribution in [2.24, 2.45) is 0 Å². The van der Waals surface area contributed by atoms with Gasteiger partial charge in [0.1, 0.15) is 11.4 Å². The third-order valence-electron chi connectivity index (χ3n) is 3.27. The first-order chi connectivity index (χ1) is 11.5. The van der Waals surface area contributed by atoms with Crippen LogP contribution in [0.1, 0.15) is 21.8 Å². The monoisotopic (exact) mass is 346 g/mol. The van der Waals surface area contributed by atoms with Gasteiger partial charge in [-0.2, -0.15) is 4.98 Å². The Kier molecular flexibility index (Phi) is 4.57. The summed E-state index contributed by atoms with van der Waals surface area (Å²) in [4.78, 5) is 16.1. The number of hydrogen-bond acceptors (Lipinski definition) is 5. The normalized spacial score (nSPS) is 10.6. The van der Waals surface area contributed by atoms with Crippen LogP contribution in [0, 0.1) is 12.7 Å². The van der Waals surface area contributed by atoms with E-state index in [0.29, 0.717) is 5.82 Å². The number of nitrogens with zero attached hydrogens (tertiary/aromatic N) is 2. The van der Waals surface area contributed by atoms with Crippen LogP contribution in [-0.2, 0) is 11.3 Å². The average molecular weight is 347 g/mol. The summed E-state index contributed by atoms with van der Waals surface area (Å²) in [5, 5.41) is 3.80. The molecule has 0 unspecified atom stereocenters. The van der Waals surface area contributed by atoms with Gasteiger partial charge in [-0.25, -0.2) is 9.18 Å². The van der Waals surface area contributed by atoms with Crippen molar-refractivity contribution in [3.05, 3.63) is 70.3 Å². The van der Waals surface area contributed by atoms with Gasteiger partial charge in [-0.05, 0) is 19.1 Å². The van der Waals surface area contributed by atoms with Gasteiger partial charge in [0.2, 0.25) is 5.82 Å². The quantitative estimate of drug-likeness (QED) is 0.662. The molecule has 0 N–H and O–H groups in total. The Morgan fingerprint density at radius 2 is 2.00 bits per heavy atom. The average Bonchev–Trinajstić information content (AvgIpc) is 3.02. The first-order valence-corrected chi connectivity index (χ1v) is 7.43. The number of aromatic nitrogens is 2. The van der Waals surface area contributed by atoms with E-state index in [4.69, 9.17) is 20.9 Å². The van der Waals surface area contributed by atoms with Crippen LogP contribution in [0.25, 0.3) is 11.4 Å². The third kappa shape index (κ3) is 3.44. The number of halogens is 2. The molecular weight excluding hydrogens is 335 g/mol. The van der Waals surface area contributed by atoms with Crippen LogP contribution in [0.3, 0.4) is 0 Å². The lowest BCUT2D eigenvalue weighted by atomic mass is 10.1. The summed E-state index contributed by atoms with van der Waals surface area (Å²) >= 11 is 5.81. The Bertz CT molecular complexity index is 858. The molecule has 3 rings (SSSR count). The van der Waals surface area contributed by atoms with E-state index < -0.39 is 11.8 Å². The van der Waals surface area contributed by atoms with Crippen LogP contribution in [0.2, 0.25) is 5.02 Å². The van der Waals surface area contributed by atoms with Crippen LogP contribution in [0.5, 0.6) is 0 Å². The molecule has 5 nitrogen and oxygen atoms in total. The molecule has 0 saturated heterocycles. The van der Waals surface area contributed by atoms with Crippen molar-refractivity contribution in [1.29, 1.82) is 0 Å². The standard InChI is InChI=1S/C17H12ClFN2O3/c1-10-5-7-11(8-6-10)16-20-14(24-21-16)9-23-17(22)15-12(18)3-2-4-13(15)19/h2-8H,9H2,1H3. The first-order valence-electron chi connectivity index (χ1n) is 7.05. The number of carbonyl (C=O) groups excluding carboxylic acids is 1. The highest BCUT2D eigenvalue weighted by Crippen LogP contribution is 2.21. The molecule has 0 aliphatic rings. The molecule has 1 aromatic heterocycles. The summed E-state index contributed by atoms with van der Waals surface area (Å²) in [5.41, 5.74) is 1.56. The van der Waals surface area contributed by atoms with E-state index >= 15 is 0 Å². The number of carbonyl (C=O) groups is 1. The largest absolute Gasteiger partial charge is 0.452 e. The second-order valence-electron chi connectivity index (χ2n) is 5.05. The van der Waals surface area contributed by atoms with Crippen LogP contribution >= 0.6 is 11.6 Å². The molecule has 2 aromatic carbocycles. The van der Waals surface area contributed by atoms with Gasteiger partial charge in [-0.3, -0.25) is 0 Å². The molecule has 0 saturated carbocycles. The van der Waals surface area contributed by atoms with Gasteiger partial charge in [-0.1, -0.05) is 52.7 Å². The van der Waals surface area contributed by atoms with E-state index in [-0.39, 0.29) is 23.1 Å². The zero-order valence-corrected chi connectivity index (χ0v) is 13.4. The van der Waals surface area contributed by atoms with Gasteiger partial charge in [0, 0.05) is 5.56 Å². The number of aryl methyl sites for hydroxylation is 1. The van der Waals surface area contributed by atoms with Crippen molar-refractivity contribution in [3.8, 4) is 11.4 Å². The summed E-state index contributed by atoms with van der Waals surface area (Å²) in [6.07, 6.45) is 0. The number of ether oxygens (including phenoxy) is 1. The molecule has 0 bridgehead atoms. The van der Waals surface area contributed by atoms with E-state index in [1.807, 2.05) is 31.2 Å². The number of esters is 1. The van der Waals surface area contributed by atoms with Gasteiger partial charge < -0.3 is 9.26 Å². The van der Waals surface area contributed by atoms with Gasteiger partial charge in [-0.15, -0.1) is 0 Å². The predicted molar refractivity (Wildman–Crippen MR) is 85.0 cm³/mol. The molecule has 0 amide bonds. The van der Waals surface area contributed by atoms with Crippen molar-refractivity contribution in [2.45, 2.75) is 13.5 Å². The molecular formula is C17H12ClFN2O3. The maximum Gasteiger partial charge on any atom is 0.343 e. The Hall–Kier alpha value is -2.73. The van der Waals surface area contributed by atoms with Gasteiger partial charge in [0.05, 0.1) is 5.02 Å². The molecule has 0 atom stereocenters. The van der Waals surface area contributed by atoms with Crippen LogP contribution in [-0.4, -0.2) is 16.1 Å². The molecule has 3 aromatic rings. The summed E-state index contributed by atoms with van der Waals surface area (Å²) in [7, 11) is 0. The number of benzene rings is 2. The highest BCUT2D eigenvalue weighted by molar-refractivity contribution is 6.33. The van der Waals surface area contributed by atoms with E-state index in [9.17, 15) is 9.18 Å². The fraction of sp³-hybridized carbons (Fsp3) is 0.118. The lowest BCUT2D eigenvalue weighted by Gasteiger charge is -2.04. The van der Waals surface area contributed by atoms with E-state index in [1.54, 1.807) is 0 Å². The van der Waals surface area contributed by atoms with Crippen molar-refractivity contribution in [1.82, 2.24) is 10.1 Å². The highest BCUT2D eigenvalue weighted by Gasteiger charge is 2.18. The zero-order chi connectivity index (χ0) is 17.1. The minimum absolute atomic E-state index is 0.0223. The molecule has 0 radical (unpaired) electrons. The lowest BCUT2D eigenvalue weighted by molar-refractivity contribution is 0.0424. The molecule has 1 heterocycles. The van der Waals surface area contributed by atoms with Crippen molar-refractivity contribution >= 4 is 17.6 Å². The molecule has 7 heteroatoms. The smallest absolute Gasteiger partial charge is 0.343 e. The van der Waals surface area contributed by atoms with Crippen molar-refractivity contribution in [3.63, 3.8) is 0 Å². The molecule has 0 spiro atoms. The summed E-state index contributed by atoms with van der Waals surface area (Å²) < 4.78 is 23.7. The molecule has 0 aliphatic carbocycles. The summed E-state index contributed by atoms with van der Waals surface area (Å²) in [6, 6.07) is 11.5. The van der Waals surface area contributed by atoms with Gasteiger partial charge in [0.15, 0.2) is 6.61 Å². The minimum atomic E-state index is -0.895. The summed E-state index contributed by atoms with van der Waals surface area (Å²) in [6.45, 7) is 1.70. The number of rotatable bonds is 4. The Balaban J connectivity index is 1.69. The van der Waals surface area contributed by atoms with E-state index in [0.717, 1.165) is 17.2 Å². The Morgan fingerprint density at radius 3 is 2.71 bits per heavy atom. The Labute approximate surface area is 142 Å². The molecule has 0 aliphatic heterocycles. The SMILES string of the molecule is Cc1ccc(-c2noc(COC(=O)c3c(F)cccc3Cl)n2)cc1. The van der Waals surface area contributed by atoms with Crippen LogP contribution in [0.4, 0.5) is 4.39 Å². The molecule has 24 heavy (non-hydrogen) atoms. The highest BCUT2D eigenvalue weighted by atomic mass is 35.5. The second-order valence-corrected chi connectivity index (χ2v) is 5.46. The van der Waals surface area contributed by atoms with Crippen LogP contribution < -0.4 is 0 Å². The first kappa shape index (κ1) is 16.1. The topological polar surface area (TPSA) is 65.2 Å². The minimum Gasteiger partial charge on any atom is -0.452 e. The Morgan fingerprint density at radius 1 is 1.25 bits per heavy atom. The van der Waals surface area contributed by atoms with Crippen LogP contribution in [0.15, 0.2) is 47.0 Å². The molecule has 122 valence electrons.